The first kappa shape index (κ1) is 19.5. The van der Waals surface area contributed by atoms with Gasteiger partial charge in [0.15, 0.2) is 5.76 Å². The van der Waals surface area contributed by atoms with Crippen LogP contribution in [0.2, 0.25) is 0 Å². The minimum Gasteiger partial charge on any atom is -0.505 e. The highest BCUT2D eigenvalue weighted by Crippen LogP contribution is 2.30. The summed E-state index contributed by atoms with van der Waals surface area (Å²) in [4.78, 5) is 16.4. The first-order chi connectivity index (χ1) is 13.4. The molecule has 2 aromatic rings. The predicted molar refractivity (Wildman–Crippen MR) is 109 cm³/mol. The van der Waals surface area contributed by atoms with Gasteiger partial charge in [0.25, 0.3) is 0 Å². The van der Waals surface area contributed by atoms with Crippen LogP contribution in [0, 0.1) is 13.8 Å². The van der Waals surface area contributed by atoms with Gasteiger partial charge in [-0.05, 0) is 57.5 Å². The van der Waals surface area contributed by atoms with E-state index in [1.54, 1.807) is 27.0 Å². The highest BCUT2D eigenvalue weighted by Gasteiger charge is 2.28. The third kappa shape index (κ3) is 3.45. The maximum atomic E-state index is 12.1. The number of methoxy groups -OCH3 is 1. The Labute approximate surface area is 164 Å². The van der Waals surface area contributed by atoms with E-state index in [1.807, 2.05) is 44.2 Å². The van der Waals surface area contributed by atoms with Crippen molar-refractivity contribution < 1.29 is 19.4 Å². The number of aliphatic hydroxyl groups is 1. The van der Waals surface area contributed by atoms with Crippen molar-refractivity contribution in [3.63, 3.8) is 0 Å². The second kappa shape index (κ2) is 7.76. The number of carbonyl (C=O) groups excluding carboxylic acids is 1. The molecule has 146 valence electrons. The van der Waals surface area contributed by atoms with Crippen molar-refractivity contribution in [2.45, 2.75) is 27.7 Å². The van der Waals surface area contributed by atoms with Crippen LogP contribution >= 0.6 is 0 Å². The molecule has 1 N–H and O–H groups in total. The van der Waals surface area contributed by atoms with Gasteiger partial charge in [-0.3, -0.25) is 0 Å². The minimum absolute atomic E-state index is 0.120. The molecule has 1 aliphatic rings. The lowest BCUT2D eigenvalue weighted by Crippen LogP contribution is -2.13. The molecule has 0 spiro atoms. The molecule has 0 saturated heterocycles. The Balaban J connectivity index is 2.04. The van der Waals surface area contributed by atoms with E-state index in [9.17, 15) is 9.90 Å². The topological polar surface area (TPSA) is 73.0 Å². The molecule has 0 atom stereocenters. The molecule has 2 heterocycles. The molecular weight excluding hydrogens is 356 g/mol. The first-order valence-corrected chi connectivity index (χ1v) is 9.08. The average molecular weight is 380 g/mol. The second-order valence-electron chi connectivity index (χ2n) is 6.53. The molecule has 1 aromatic heterocycles. The zero-order chi connectivity index (χ0) is 20.4. The number of aryl methyl sites for hydroxylation is 1. The van der Waals surface area contributed by atoms with Crippen LogP contribution in [-0.4, -0.2) is 35.1 Å². The lowest BCUT2D eigenvalue weighted by atomic mass is 10.1. The molecule has 0 unspecified atom stereocenters. The van der Waals surface area contributed by atoms with Crippen LogP contribution in [-0.2, 0) is 9.53 Å². The second-order valence-corrected chi connectivity index (χ2v) is 6.53. The van der Waals surface area contributed by atoms with E-state index in [2.05, 4.69) is 9.56 Å². The van der Waals surface area contributed by atoms with E-state index in [0.29, 0.717) is 11.4 Å². The molecule has 6 heteroatoms. The van der Waals surface area contributed by atoms with Gasteiger partial charge in [0.1, 0.15) is 17.0 Å². The monoisotopic (exact) mass is 380 g/mol. The number of aromatic nitrogens is 1. The van der Waals surface area contributed by atoms with E-state index in [-0.39, 0.29) is 17.9 Å². The Morgan fingerprint density at radius 3 is 2.68 bits per heavy atom. The van der Waals surface area contributed by atoms with Crippen LogP contribution in [0.4, 0.5) is 0 Å². The third-order valence-corrected chi connectivity index (χ3v) is 4.68. The van der Waals surface area contributed by atoms with Crippen molar-refractivity contribution in [2.24, 2.45) is 4.99 Å². The fraction of sp³-hybridized carbons (Fsp3) is 0.273. The Bertz CT molecular complexity index is 1030. The number of hydrogen-bond donors (Lipinski definition) is 1. The molecule has 0 amide bonds. The van der Waals surface area contributed by atoms with Gasteiger partial charge >= 0.3 is 5.97 Å². The lowest BCUT2D eigenvalue weighted by molar-refractivity contribution is -0.138. The molecule has 0 saturated carbocycles. The summed E-state index contributed by atoms with van der Waals surface area (Å²) in [6.45, 7) is 7.66. The Morgan fingerprint density at radius 1 is 1.25 bits per heavy atom. The number of nitrogens with zero attached hydrogens (tertiary/aromatic N) is 2. The summed E-state index contributed by atoms with van der Waals surface area (Å²) in [5, 5.41) is 10.5. The number of benzene rings is 1. The van der Waals surface area contributed by atoms with E-state index in [0.717, 1.165) is 28.4 Å². The standard InChI is InChI=1S/C22H24N2O4/c1-6-28-22(26)20-14(3)23-19(21(20)25)11-16-10-13(2)24(15(16)4)17-8-7-9-18(12-17)27-5/h7-12,25H,6H2,1-5H3/b19-11+. The van der Waals surface area contributed by atoms with Crippen molar-refractivity contribution in [3.8, 4) is 11.4 Å². The Kier molecular flexibility index (Phi) is 5.40. The maximum Gasteiger partial charge on any atom is 0.343 e. The molecule has 1 aliphatic heterocycles. The minimum atomic E-state index is -0.563. The first-order valence-electron chi connectivity index (χ1n) is 9.08. The summed E-state index contributed by atoms with van der Waals surface area (Å²) in [5.74, 6) is 0.0641. The van der Waals surface area contributed by atoms with Crippen LogP contribution < -0.4 is 4.74 Å². The zero-order valence-corrected chi connectivity index (χ0v) is 16.7. The fourth-order valence-electron chi connectivity index (χ4n) is 3.37. The van der Waals surface area contributed by atoms with Crippen LogP contribution in [0.5, 0.6) is 5.75 Å². The summed E-state index contributed by atoms with van der Waals surface area (Å²) < 4.78 is 12.4. The number of aliphatic imine (C=N–C) groups is 1. The number of carbonyl (C=O) groups is 1. The van der Waals surface area contributed by atoms with Gasteiger partial charge < -0.3 is 19.1 Å². The predicted octanol–water partition coefficient (Wildman–Crippen LogP) is 4.29. The van der Waals surface area contributed by atoms with Crippen molar-refractivity contribution in [1.29, 1.82) is 0 Å². The van der Waals surface area contributed by atoms with Gasteiger partial charge in [0.2, 0.25) is 0 Å². The summed E-state index contributed by atoms with van der Waals surface area (Å²) in [5.41, 5.74) is 4.83. The number of rotatable bonds is 5. The maximum absolute atomic E-state index is 12.1. The van der Waals surface area contributed by atoms with Crippen LogP contribution in [0.1, 0.15) is 30.8 Å². The molecule has 0 bridgehead atoms. The van der Waals surface area contributed by atoms with E-state index >= 15 is 0 Å². The smallest absolute Gasteiger partial charge is 0.343 e. The SMILES string of the molecule is CCOC(=O)C1=C(O)/C(=C\c2cc(C)n(-c3cccc(OC)c3)c2C)N=C1C. The highest BCUT2D eigenvalue weighted by atomic mass is 16.5. The molecule has 28 heavy (non-hydrogen) atoms. The van der Waals surface area contributed by atoms with Gasteiger partial charge in [0, 0.05) is 23.1 Å². The average Bonchev–Trinajstić information content (AvgIpc) is 3.10. The molecule has 0 fully saturated rings. The Morgan fingerprint density at radius 2 is 2.00 bits per heavy atom. The number of hydrogen-bond acceptors (Lipinski definition) is 5. The van der Waals surface area contributed by atoms with Gasteiger partial charge in [-0.25, -0.2) is 9.79 Å². The largest absolute Gasteiger partial charge is 0.505 e. The summed E-state index contributed by atoms with van der Waals surface area (Å²) in [6, 6.07) is 9.83. The molecule has 1 aromatic carbocycles. The van der Waals surface area contributed by atoms with Gasteiger partial charge in [-0.15, -0.1) is 0 Å². The van der Waals surface area contributed by atoms with Crippen LogP contribution in [0.25, 0.3) is 11.8 Å². The summed E-state index contributed by atoms with van der Waals surface area (Å²) in [7, 11) is 1.64. The van der Waals surface area contributed by atoms with Gasteiger partial charge in [0.05, 0.1) is 19.4 Å². The molecule has 0 radical (unpaired) electrons. The lowest BCUT2D eigenvalue weighted by Gasteiger charge is -2.11. The normalized spacial score (nSPS) is 15.2. The molecular formula is C22H24N2O4. The van der Waals surface area contributed by atoms with Crippen LogP contribution in [0.15, 0.2) is 52.4 Å². The van der Waals surface area contributed by atoms with Crippen LogP contribution in [0.3, 0.4) is 0 Å². The fourth-order valence-corrected chi connectivity index (χ4v) is 3.37. The van der Waals surface area contributed by atoms with Crippen molar-refractivity contribution >= 4 is 17.8 Å². The quantitative estimate of drug-likeness (QED) is 0.785. The summed E-state index contributed by atoms with van der Waals surface area (Å²) in [6.07, 6.45) is 1.78. The van der Waals surface area contributed by atoms with Crippen molar-refractivity contribution in [1.82, 2.24) is 4.57 Å². The van der Waals surface area contributed by atoms with Crippen molar-refractivity contribution in [2.75, 3.05) is 13.7 Å². The molecule has 6 nitrogen and oxygen atoms in total. The van der Waals surface area contributed by atoms with Gasteiger partial charge in [-0.2, -0.15) is 0 Å². The Hall–Kier alpha value is -3.28. The van der Waals surface area contributed by atoms with E-state index < -0.39 is 5.97 Å². The van der Waals surface area contributed by atoms with Crippen molar-refractivity contribution in [3.05, 3.63) is 64.3 Å². The highest BCUT2D eigenvalue weighted by molar-refractivity contribution is 6.22. The van der Waals surface area contributed by atoms with Gasteiger partial charge in [-0.1, -0.05) is 6.07 Å². The molecule has 0 aliphatic carbocycles. The number of esters is 1. The third-order valence-electron chi connectivity index (χ3n) is 4.68. The number of ether oxygens (including phenoxy) is 2. The van der Waals surface area contributed by atoms with E-state index in [4.69, 9.17) is 9.47 Å². The molecule has 3 rings (SSSR count). The summed E-state index contributed by atoms with van der Waals surface area (Å²) >= 11 is 0. The number of aliphatic hydroxyl groups excluding tert-OH is 1. The zero-order valence-electron chi connectivity index (χ0n) is 16.7. The van der Waals surface area contributed by atoms with E-state index in [1.165, 1.54) is 0 Å².